The number of dihydropyridines is 1. The second kappa shape index (κ2) is 9.76. The van der Waals surface area contributed by atoms with Crippen LogP contribution in [0.1, 0.15) is 54.9 Å². The van der Waals surface area contributed by atoms with E-state index < -0.39 is 5.92 Å². The minimum atomic E-state index is -0.417. The second-order valence-electron chi connectivity index (χ2n) is 9.01. The zero-order valence-electron chi connectivity index (χ0n) is 19.5. The van der Waals surface area contributed by atoms with Crippen molar-refractivity contribution in [2.75, 3.05) is 20.3 Å². The number of para-hydroxylation sites is 1. The molecule has 7 heteroatoms. The number of carbonyl (C=O) groups is 2. The van der Waals surface area contributed by atoms with Gasteiger partial charge in [-0.3, -0.25) is 4.79 Å². The number of Topliss-reactive ketones (excluding diaryl/α,β-unsaturated/α-hetero) is 1. The minimum absolute atomic E-state index is 0.0136. The Morgan fingerprint density at radius 3 is 2.79 bits per heavy atom. The molecule has 1 fully saturated rings. The van der Waals surface area contributed by atoms with Gasteiger partial charge in [0.15, 0.2) is 5.78 Å². The zero-order chi connectivity index (χ0) is 23.7. The van der Waals surface area contributed by atoms with Gasteiger partial charge in [0.2, 0.25) is 0 Å². The standard InChI is InChI=1S/C27H29NO5S/c1-16-24(27(30)33-15-18-7-5-11-32-18)26(23-10-6-12-34-23)25-20(28-16)13-17(14-21(25)29)19-8-3-4-9-22(19)31-2/h3-4,6,8-10,12,17-18,26,28H,5,7,11,13-15H2,1-2H3/t17-,18?,26-/m1/s1. The van der Waals surface area contributed by atoms with Crippen molar-refractivity contribution in [1.82, 2.24) is 5.32 Å². The lowest BCUT2D eigenvalue weighted by molar-refractivity contribution is -0.142. The molecule has 1 saturated heterocycles. The van der Waals surface area contributed by atoms with E-state index in [0.717, 1.165) is 40.4 Å². The van der Waals surface area contributed by atoms with Crippen molar-refractivity contribution < 1.29 is 23.8 Å². The molecule has 0 spiro atoms. The molecule has 0 amide bonds. The predicted molar refractivity (Wildman–Crippen MR) is 130 cm³/mol. The van der Waals surface area contributed by atoms with Crippen LogP contribution in [0, 0.1) is 0 Å². The quantitative estimate of drug-likeness (QED) is 0.598. The summed E-state index contributed by atoms with van der Waals surface area (Å²) < 4.78 is 16.9. The Morgan fingerprint density at radius 1 is 1.21 bits per heavy atom. The average molecular weight is 480 g/mol. The highest BCUT2D eigenvalue weighted by atomic mass is 32.1. The smallest absolute Gasteiger partial charge is 0.336 e. The van der Waals surface area contributed by atoms with E-state index in [1.165, 1.54) is 0 Å². The monoisotopic (exact) mass is 479 g/mol. The number of ketones is 1. The lowest BCUT2D eigenvalue weighted by Gasteiger charge is -2.36. The van der Waals surface area contributed by atoms with Gasteiger partial charge >= 0.3 is 5.97 Å². The lowest BCUT2D eigenvalue weighted by atomic mass is 9.73. The SMILES string of the molecule is COc1ccccc1[C@H]1CC(=O)C2=C(C1)NC(C)=C(C(=O)OCC1CCCO1)[C@H]2c1cccs1. The fraction of sp³-hybridized carbons (Fsp3) is 0.407. The number of esters is 1. The van der Waals surface area contributed by atoms with Crippen LogP contribution in [0.15, 0.2) is 64.3 Å². The Labute approximate surface area is 203 Å². The number of nitrogens with one attached hydrogen (secondary N) is 1. The van der Waals surface area contributed by atoms with E-state index in [4.69, 9.17) is 14.2 Å². The molecule has 3 heterocycles. The van der Waals surface area contributed by atoms with Gasteiger partial charge in [-0.25, -0.2) is 4.79 Å². The molecule has 2 aliphatic heterocycles. The summed E-state index contributed by atoms with van der Waals surface area (Å²) in [7, 11) is 1.65. The van der Waals surface area contributed by atoms with E-state index in [1.54, 1.807) is 18.4 Å². The molecule has 2 aromatic rings. The number of rotatable bonds is 6. The maximum absolute atomic E-state index is 13.6. The first-order valence-corrected chi connectivity index (χ1v) is 12.6. The summed E-state index contributed by atoms with van der Waals surface area (Å²) in [5.41, 5.74) is 3.86. The molecule has 0 bridgehead atoms. The number of benzene rings is 1. The van der Waals surface area contributed by atoms with Crippen LogP contribution in [0.25, 0.3) is 0 Å². The van der Waals surface area contributed by atoms with Crippen molar-refractivity contribution in [3.05, 3.63) is 74.8 Å². The van der Waals surface area contributed by atoms with Crippen molar-refractivity contribution in [3.8, 4) is 5.75 Å². The topological polar surface area (TPSA) is 73.9 Å². The van der Waals surface area contributed by atoms with E-state index in [-0.39, 0.29) is 30.4 Å². The number of ether oxygens (including phenoxy) is 3. The maximum Gasteiger partial charge on any atom is 0.336 e. The third-order valence-electron chi connectivity index (χ3n) is 6.88. The van der Waals surface area contributed by atoms with Gasteiger partial charge in [-0.2, -0.15) is 0 Å². The van der Waals surface area contributed by atoms with Crippen LogP contribution in [0.5, 0.6) is 5.75 Å². The van der Waals surface area contributed by atoms with E-state index in [2.05, 4.69) is 5.32 Å². The molecule has 5 rings (SSSR count). The molecule has 1 aliphatic carbocycles. The highest BCUT2D eigenvalue weighted by Crippen LogP contribution is 2.47. The molecule has 3 atom stereocenters. The molecule has 6 nitrogen and oxygen atoms in total. The molecule has 1 unspecified atom stereocenters. The van der Waals surface area contributed by atoms with Gasteiger partial charge in [-0.05, 0) is 49.3 Å². The lowest BCUT2D eigenvalue weighted by Crippen LogP contribution is -2.36. The summed E-state index contributed by atoms with van der Waals surface area (Å²) in [4.78, 5) is 27.9. The van der Waals surface area contributed by atoms with Crippen LogP contribution in [-0.4, -0.2) is 38.2 Å². The summed E-state index contributed by atoms with van der Waals surface area (Å²) in [6, 6.07) is 11.8. The van der Waals surface area contributed by atoms with Crippen LogP contribution >= 0.6 is 11.3 Å². The number of methoxy groups -OCH3 is 1. The third kappa shape index (κ3) is 4.30. The number of carbonyl (C=O) groups excluding carboxylic acids is 2. The van der Waals surface area contributed by atoms with Crippen molar-refractivity contribution in [2.45, 2.75) is 50.5 Å². The van der Waals surface area contributed by atoms with Gasteiger partial charge in [0.25, 0.3) is 0 Å². The summed E-state index contributed by atoms with van der Waals surface area (Å²) in [5.74, 6) is 0.0600. The first kappa shape index (κ1) is 22.9. The van der Waals surface area contributed by atoms with Crippen molar-refractivity contribution in [3.63, 3.8) is 0 Å². The van der Waals surface area contributed by atoms with Gasteiger partial charge in [0.1, 0.15) is 12.4 Å². The van der Waals surface area contributed by atoms with Gasteiger partial charge in [-0.15, -0.1) is 11.3 Å². The normalized spacial score (nSPS) is 24.6. The van der Waals surface area contributed by atoms with Crippen molar-refractivity contribution in [2.24, 2.45) is 0 Å². The van der Waals surface area contributed by atoms with Gasteiger partial charge in [0.05, 0.1) is 24.7 Å². The number of allylic oxidation sites excluding steroid dienone is 3. The van der Waals surface area contributed by atoms with Crippen LogP contribution in [0.2, 0.25) is 0 Å². The highest BCUT2D eigenvalue weighted by molar-refractivity contribution is 7.10. The highest BCUT2D eigenvalue weighted by Gasteiger charge is 2.42. The Kier molecular flexibility index (Phi) is 6.57. The van der Waals surface area contributed by atoms with Crippen molar-refractivity contribution >= 4 is 23.1 Å². The van der Waals surface area contributed by atoms with E-state index >= 15 is 0 Å². The van der Waals surface area contributed by atoms with Crippen molar-refractivity contribution in [1.29, 1.82) is 0 Å². The molecule has 3 aliphatic rings. The number of thiophene rings is 1. The van der Waals surface area contributed by atoms with Crippen LogP contribution < -0.4 is 10.1 Å². The average Bonchev–Trinajstić information content (AvgIpc) is 3.56. The molecule has 0 radical (unpaired) electrons. The Balaban J connectivity index is 1.47. The summed E-state index contributed by atoms with van der Waals surface area (Å²) in [6.45, 7) is 2.84. The predicted octanol–water partition coefficient (Wildman–Crippen LogP) is 4.84. The maximum atomic E-state index is 13.6. The molecular formula is C27H29NO5S. The summed E-state index contributed by atoms with van der Waals surface area (Å²) in [6.07, 6.45) is 2.89. The van der Waals surface area contributed by atoms with E-state index in [1.807, 2.05) is 48.7 Å². The number of hydrogen-bond acceptors (Lipinski definition) is 7. The molecule has 178 valence electrons. The second-order valence-corrected chi connectivity index (χ2v) is 9.99. The Hall–Kier alpha value is -2.90. The Bertz CT molecular complexity index is 1140. The van der Waals surface area contributed by atoms with Crippen LogP contribution in [0.3, 0.4) is 0 Å². The van der Waals surface area contributed by atoms with E-state index in [9.17, 15) is 9.59 Å². The molecule has 1 aromatic heterocycles. The molecule has 34 heavy (non-hydrogen) atoms. The summed E-state index contributed by atoms with van der Waals surface area (Å²) >= 11 is 1.56. The van der Waals surface area contributed by atoms with E-state index in [0.29, 0.717) is 30.6 Å². The van der Waals surface area contributed by atoms with Gasteiger partial charge in [-0.1, -0.05) is 24.3 Å². The fourth-order valence-electron chi connectivity index (χ4n) is 5.30. The fourth-order valence-corrected chi connectivity index (χ4v) is 6.14. The number of hydrogen-bond donors (Lipinski definition) is 1. The molecule has 1 N–H and O–H groups in total. The Morgan fingerprint density at radius 2 is 2.06 bits per heavy atom. The molecule has 1 aromatic carbocycles. The minimum Gasteiger partial charge on any atom is -0.496 e. The summed E-state index contributed by atoms with van der Waals surface area (Å²) in [5, 5.41) is 5.39. The molecule has 0 saturated carbocycles. The third-order valence-corrected chi connectivity index (χ3v) is 7.82. The zero-order valence-corrected chi connectivity index (χ0v) is 20.3. The van der Waals surface area contributed by atoms with Gasteiger partial charge in [0, 0.05) is 40.8 Å². The van der Waals surface area contributed by atoms with Crippen LogP contribution in [-0.2, 0) is 19.1 Å². The van der Waals surface area contributed by atoms with Gasteiger partial charge < -0.3 is 19.5 Å². The van der Waals surface area contributed by atoms with Crippen LogP contribution in [0.4, 0.5) is 0 Å². The first-order chi connectivity index (χ1) is 16.6. The largest absolute Gasteiger partial charge is 0.496 e. The first-order valence-electron chi connectivity index (χ1n) is 11.8. The molecular weight excluding hydrogens is 450 g/mol.